The summed E-state index contributed by atoms with van der Waals surface area (Å²) in [5.41, 5.74) is 0.567. The lowest BCUT2D eigenvalue weighted by molar-refractivity contribution is -0.135. The fraction of sp³-hybridized carbons (Fsp3) is 0.286. The quantitative estimate of drug-likeness (QED) is 0.799. The van der Waals surface area contributed by atoms with Crippen molar-refractivity contribution in [3.05, 3.63) is 43.0 Å². The molecule has 0 aliphatic heterocycles. The van der Waals surface area contributed by atoms with E-state index in [-0.39, 0.29) is 12.6 Å². The van der Waals surface area contributed by atoms with Gasteiger partial charge in [0.2, 0.25) is 0 Å². The van der Waals surface area contributed by atoms with Gasteiger partial charge in [-0.25, -0.2) is 4.79 Å². The van der Waals surface area contributed by atoms with Gasteiger partial charge >= 0.3 is 12.0 Å². The summed E-state index contributed by atoms with van der Waals surface area (Å²) in [4.78, 5) is 26.0. The predicted octanol–water partition coefficient (Wildman–Crippen LogP) is 2.21. The number of carbonyl (C=O) groups is 2. The standard InChI is InChI=1S/C14H18N2O3/c1-3-10-15(4-2)14(19)16(11-13(17)18)12-8-6-5-7-9-12/h3,5-9H,1,4,10-11H2,2H3,(H,17,18). The molecule has 0 saturated heterocycles. The van der Waals surface area contributed by atoms with Gasteiger partial charge in [0.1, 0.15) is 6.54 Å². The highest BCUT2D eigenvalue weighted by atomic mass is 16.4. The van der Waals surface area contributed by atoms with E-state index in [2.05, 4.69) is 6.58 Å². The summed E-state index contributed by atoms with van der Waals surface area (Å²) in [5, 5.41) is 8.95. The first-order valence-corrected chi connectivity index (χ1v) is 6.04. The Morgan fingerprint density at radius 2 is 1.95 bits per heavy atom. The average molecular weight is 262 g/mol. The maximum atomic E-state index is 12.3. The smallest absolute Gasteiger partial charge is 0.325 e. The number of amides is 2. The van der Waals surface area contributed by atoms with Crippen LogP contribution in [0.5, 0.6) is 0 Å². The van der Waals surface area contributed by atoms with Crippen LogP contribution in [0.2, 0.25) is 0 Å². The second kappa shape index (κ2) is 7.20. The molecule has 0 aliphatic rings. The highest BCUT2D eigenvalue weighted by Crippen LogP contribution is 2.15. The van der Waals surface area contributed by atoms with E-state index in [1.165, 1.54) is 9.80 Å². The maximum absolute atomic E-state index is 12.3. The SMILES string of the molecule is C=CCN(CC)C(=O)N(CC(=O)O)c1ccccc1. The summed E-state index contributed by atoms with van der Waals surface area (Å²) in [5.74, 6) is -1.05. The van der Waals surface area contributed by atoms with Crippen LogP contribution in [0.1, 0.15) is 6.92 Å². The number of carbonyl (C=O) groups excluding carboxylic acids is 1. The second-order valence-corrected chi connectivity index (χ2v) is 3.93. The minimum Gasteiger partial charge on any atom is -0.480 e. The summed E-state index contributed by atoms with van der Waals surface area (Å²) in [6.07, 6.45) is 1.62. The Morgan fingerprint density at radius 3 is 2.42 bits per heavy atom. The third-order valence-electron chi connectivity index (χ3n) is 2.59. The molecule has 0 saturated carbocycles. The molecular weight excluding hydrogens is 244 g/mol. The lowest BCUT2D eigenvalue weighted by Crippen LogP contribution is -2.45. The Hall–Kier alpha value is -2.30. The van der Waals surface area contributed by atoms with Crippen molar-refractivity contribution in [3.63, 3.8) is 0 Å². The Bertz CT molecular complexity index is 445. The third kappa shape index (κ3) is 4.13. The van der Waals surface area contributed by atoms with Crippen molar-refractivity contribution in [2.45, 2.75) is 6.92 Å². The number of anilines is 1. The summed E-state index contributed by atoms with van der Waals surface area (Å²) in [7, 11) is 0. The lowest BCUT2D eigenvalue weighted by Gasteiger charge is -2.28. The number of hydrogen-bond donors (Lipinski definition) is 1. The molecule has 1 N–H and O–H groups in total. The first kappa shape index (κ1) is 14.8. The van der Waals surface area contributed by atoms with Gasteiger partial charge in [0.05, 0.1) is 0 Å². The normalized spacial score (nSPS) is 9.74. The molecule has 19 heavy (non-hydrogen) atoms. The fourth-order valence-corrected chi connectivity index (χ4v) is 1.68. The Labute approximate surface area is 112 Å². The molecule has 0 aliphatic carbocycles. The van der Waals surface area contributed by atoms with E-state index in [0.717, 1.165) is 0 Å². The van der Waals surface area contributed by atoms with E-state index in [1.807, 2.05) is 13.0 Å². The molecule has 102 valence electrons. The van der Waals surface area contributed by atoms with Crippen molar-refractivity contribution in [3.8, 4) is 0 Å². The van der Waals surface area contributed by atoms with Crippen LogP contribution in [0, 0.1) is 0 Å². The zero-order valence-corrected chi connectivity index (χ0v) is 11.0. The molecular formula is C14H18N2O3. The van der Waals surface area contributed by atoms with Crippen molar-refractivity contribution < 1.29 is 14.7 Å². The van der Waals surface area contributed by atoms with Crippen LogP contribution in [0.25, 0.3) is 0 Å². The van der Waals surface area contributed by atoms with Crippen LogP contribution in [0.15, 0.2) is 43.0 Å². The van der Waals surface area contributed by atoms with E-state index in [1.54, 1.807) is 30.3 Å². The topological polar surface area (TPSA) is 60.9 Å². The molecule has 0 fully saturated rings. The molecule has 0 bridgehead atoms. The summed E-state index contributed by atoms with van der Waals surface area (Å²) in [6, 6.07) is 8.43. The van der Waals surface area contributed by atoms with E-state index in [4.69, 9.17) is 5.11 Å². The number of rotatable bonds is 6. The van der Waals surface area contributed by atoms with Crippen LogP contribution in [0.4, 0.5) is 10.5 Å². The van der Waals surface area contributed by atoms with Crippen molar-refractivity contribution in [1.82, 2.24) is 4.90 Å². The van der Waals surface area contributed by atoms with Gasteiger partial charge in [-0.1, -0.05) is 24.3 Å². The number of carboxylic acids is 1. The largest absolute Gasteiger partial charge is 0.480 e. The first-order chi connectivity index (χ1) is 9.10. The van der Waals surface area contributed by atoms with E-state index >= 15 is 0 Å². The van der Waals surface area contributed by atoms with Crippen LogP contribution in [-0.4, -0.2) is 41.6 Å². The predicted molar refractivity (Wildman–Crippen MR) is 74.3 cm³/mol. The van der Waals surface area contributed by atoms with Gasteiger partial charge in [-0.3, -0.25) is 9.69 Å². The molecule has 0 radical (unpaired) electrons. The Morgan fingerprint density at radius 1 is 1.32 bits per heavy atom. The molecule has 2 amide bonds. The number of carboxylic acid groups (broad SMARTS) is 1. The fourth-order valence-electron chi connectivity index (χ4n) is 1.68. The molecule has 5 nitrogen and oxygen atoms in total. The van der Waals surface area contributed by atoms with Crippen LogP contribution >= 0.6 is 0 Å². The zero-order chi connectivity index (χ0) is 14.3. The number of hydrogen-bond acceptors (Lipinski definition) is 2. The molecule has 0 spiro atoms. The molecule has 1 aromatic carbocycles. The van der Waals surface area contributed by atoms with Gasteiger partial charge in [0, 0.05) is 18.8 Å². The van der Waals surface area contributed by atoms with Gasteiger partial charge in [0.25, 0.3) is 0 Å². The van der Waals surface area contributed by atoms with Gasteiger partial charge in [0.15, 0.2) is 0 Å². The van der Waals surface area contributed by atoms with E-state index in [9.17, 15) is 9.59 Å². The highest BCUT2D eigenvalue weighted by molar-refractivity contribution is 5.96. The number of aliphatic carboxylic acids is 1. The van der Waals surface area contributed by atoms with Gasteiger partial charge in [-0.15, -0.1) is 6.58 Å². The second-order valence-electron chi connectivity index (χ2n) is 3.93. The zero-order valence-electron chi connectivity index (χ0n) is 11.0. The lowest BCUT2D eigenvalue weighted by atomic mass is 10.3. The number of nitrogens with zero attached hydrogens (tertiary/aromatic N) is 2. The average Bonchev–Trinajstić information content (AvgIpc) is 2.42. The van der Waals surface area contributed by atoms with Crippen LogP contribution in [-0.2, 0) is 4.79 Å². The van der Waals surface area contributed by atoms with Crippen molar-refractivity contribution >= 4 is 17.7 Å². The highest BCUT2D eigenvalue weighted by Gasteiger charge is 2.22. The summed E-state index contributed by atoms with van der Waals surface area (Å²) in [6.45, 7) is 5.95. The molecule has 0 heterocycles. The molecule has 0 aromatic heterocycles. The number of urea groups is 1. The van der Waals surface area contributed by atoms with Gasteiger partial charge in [-0.2, -0.15) is 0 Å². The number of para-hydroxylation sites is 1. The molecule has 0 unspecified atom stereocenters. The maximum Gasteiger partial charge on any atom is 0.325 e. The van der Waals surface area contributed by atoms with Gasteiger partial charge < -0.3 is 10.0 Å². The minimum atomic E-state index is -1.05. The van der Waals surface area contributed by atoms with Gasteiger partial charge in [-0.05, 0) is 19.1 Å². The minimum absolute atomic E-state index is 0.337. The van der Waals surface area contributed by atoms with Crippen LogP contribution < -0.4 is 4.90 Å². The van der Waals surface area contributed by atoms with Crippen LogP contribution in [0.3, 0.4) is 0 Å². The Kier molecular flexibility index (Phi) is 5.60. The Balaban J connectivity index is 2.99. The molecule has 1 rings (SSSR count). The van der Waals surface area contributed by atoms with Crippen molar-refractivity contribution in [2.75, 3.05) is 24.5 Å². The molecule has 0 atom stereocenters. The summed E-state index contributed by atoms with van der Waals surface area (Å²) >= 11 is 0. The third-order valence-corrected chi connectivity index (χ3v) is 2.59. The molecule has 5 heteroatoms. The monoisotopic (exact) mass is 262 g/mol. The first-order valence-electron chi connectivity index (χ1n) is 6.04. The van der Waals surface area contributed by atoms with E-state index < -0.39 is 5.97 Å². The molecule has 1 aromatic rings. The summed E-state index contributed by atoms with van der Waals surface area (Å²) < 4.78 is 0. The van der Waals surface area contributed by atoms with Crippen molar-refractivity contribution in [1.29, 1.82) is 0 Å². The van der Waals surface area contributed by atoms with Crippen molar-refractivity contribution in [2.24, 2.45) is 0 Å². The van der Waals surface area contributed by atoms with E-state index in [0.29, 0.717) is 18.8 Å². The number of likely N-dealkylation sites (N-methyl/N-ethyl adjacent to an activating group) is 1. The number of benzene rings is 1.